The summed E-state index contributed by atoms with van der Waals surface area (Å²) < 4.78 is 5.16. The van der Waals surface area contributed by atoms with Crippen LogP contribution in [0.15, 0.2) is 18.2 Å². The van der Waals surface area contributed by atoms with E-state index in [1.54, 1.807) is 23.1 Å². The molecule has 5 heteroatoms. The van der Waals surface area contributed by atoms with Crippen LogP contribution in [0.2, 0.25) is 0 Å². The predicted molar refractivity (Wildman–Crippen MR) is 77.8 cm³/mol. The fraction of sp³-hybridized carbons (Fsp3) is 0.533. The number of aliphatic hydroxyl groups excluding tert-OH is 1. The number of para-hydroxylation sites is 1. The number of carbonyl (C=O) groups excluding carboxylic acids is 1. The standard InChI is InChI=1S/C15H22N2O3/c1-20-13-8-5-7-12(14(13)16)15(19)17-9-4-2-3-6-11(17)10-18/h5,7-8,11,18H,2-4,6,9-10,16H2,1H3. The molecule has 1 aromatic carbocycles. The number of nitrogens with two attached hydrogens (primary N) is 1. The summed E-state index contributed by atoms with van der Waals surface area (Å²) in [6.45, 7) is 0.663. The van der Waals surface area contributed by atoms with Gasteiger partial charge in [-0.15, -0.1) is 0 Å². The number of likely N-dealkylation sites (tertiary alicyclic amines) is 1. The van der Waals surface area contributed by atoms with Gasteiger partial charge in [-0.1, -0.05) is 18.9 Å². The topological polar surface area (TPSA) is 75.8 Å². The number of nitrogens with zero attached hydrogens (tertiary/aromatic N) is 1. The lowest BCUT2D eigenvalue weighted by Gasteiger charge is -2.29. The highest BCUT2D eigenvalue weighted by Crippen LogP contribution is 2.27. The molecule has 0 aliphatic carbocycles. The number of aliphatic hydroxyl groups is 1. The first-order valence-electron chi connectivity index (χ1n) is 7.03. The summed E-state index contributed by atoms with van der Waals surface area (Å²) in [4.78, 5) is 14.4. The maximum atomic E-state index is 12.7. The lowest BCUT2D eigenvalue weighted by atomic mass is 10.1. The molecule has 1 saturated heterocycles. The Bertz CT molecular complexity index is 476. The van der Waals surface area contributed by atoms with Crippen LogP contribution in [0.25, 0.3) is 0 Å². The second-order valence-corrected chi connectivity index (χ2v) is 5.11. The summed E-state index contributed by atoms with van der Waals surface area (Å²) in [5.41, 5.74) is 6.80. The van der Waals surface area contributed by atoms with Crippen molar-refractivity contribution in [1.82, 2.24) is 4.90 Å². The van der Waals surface area contributed by atoms with E-state index in [1.165, 1.54) is 7.11 Å². The van der Waals surface area contributed by atoms with Crippen LogP contribution in [0.1, 0.15) is 36.0 Å². The van der Waals surface area contributed by atoms with Crippen molar-refractivity contribution in [3.63, 3.8) is 0 Å². The summed E-state index contributed by atoms with van der Waals surface area (Å²) in [5.74, 6) is 0.383. The minimum Gasteiger partial charge on any atom is -0.495 e. The predicted octanol–water partition coefficient (Wildman–Crippen LogP) is 1.65. The molecule has 5 nitrogen and oxygen atoms in total. The van der Waals surface area contributed by atoms with Crippen LogP contribution in [-0.2, 0) is 0 Å². The van der Waals surface area contributed by atoms with Gasteiger partial charge in [-0.3, -0.25) is 4.79 Å². The van der Waals surface area contributed by atoms with Crippen molar-refractivity contribution in [2.45, 2.75) is 31.7 Å². The van der Waals surface area contributed by atoms with Crippen molar-refractivity contribution in [2.75, 3.05) is 26.0 Å². The molecule has 1 aliphatic rings. The summed E-state index contributed by atoms with van der Waals surface area (Å²) in [7, 11) is 1.53. The molecule has 1 unspecified atom stereocenters. The van der Waals surface area contributed by atoms with Gasteiger partial charge in [0, 0.05) is 6.54 Å². The Kier molecular flexibility index (Phi) is 4.84. The second-order valence-electron chi connectivity index (χ2n) is 5.11. The molecule has 0 spiro atoms. The van der Waals surface area contributed by atoms with Gasteiger partial charge in [0.2, 0.25) is 0 Å². The fourth-order valence-electron chi connectivity index (χ4n) is 2.70. The van der Waals surface area contributed by atoms with Crippen LogP contribution >= 0.6 is 0 Å². The van der Waals surface area contributed by atoms with Crippen molar-refractivity contribution in [3.8, 4) is 5.75 Å². The number of carbonyl (C=O) groups is 1. The molecule has 3 N–H and O–H groups in total. The van der Waals surface area contributed by atoms with E-state index < -0.39 is 0 Å². The summed E-state index contributed by atoms with van der Waals surface area (Å²) in [5, 5.41) is 9.50. The number of ether oxygens (including phenoxy) is 1. The summed E-state index contributed by atoms with van der Waals surface area (Å²) >= 11 is 0. The number of hydrogen-bond acceptors (Lipinski definition) is 4. The first-order chi connectivity index (χ1) is 9.69. The Morgan fingerprint density at radius 3 is 2.95 bits per heavy atom. The zero-order chi connectivity index (χ0) is 14.5. The minimum absolute atomic E-state index is 0.00435. The van der Waals surface area contributed by atoms with E-state index in [-0.39, 0.29) is 18.6 Å². The zero-order valence-corrected chi connectivity index (χ0v) is 11.8. The Morgan fingerprint density at radius 1 is 1.45 bits per heavy atom. The molecule has 20 heavy (non-hydrogen) atoms. The molecule has 1 aliphatic heterocycles. The molecule has 1 heterocycles. The van der Waals surface area contributed by atoms with Crippen molar-refractivity contribution in [3.05, 3.63) is 23.8 Å². The minimum atomic E-state index is -0.123. The maximum Gasteiger partial charge on any atom is 0.256 e. The quantitative estimate of drug-likeness (QED) is 0.824. The number of benzene rings is 1. The van der Waals surface area contributed by atoms with E-state index in [0.717, 1.165) is 25.7 Å². The van der Waals surface area contributed by atoms with Crippen LogP contribution in [0.5, 0.6) is 5.75 Å². The van der Waals surface area contributed by atoms with Crippen molar-refractivity contribution < 1.29 is 14.6 Å². The summed E-state index contributed by atoms with van der Waals surface area (Å²) in [6.07, 6.45) is 3.94. The normalized spacial score (nSPS) is 19.5. The zero-order valence-electron chi connectivity index (χ0n) is 11.8. The third kappa shape index (κ3) is 2.88. The van der Waals surface area contributed by atoms with Gasteiger partial charge in [0.25, 0.3) is 5.91 Å². The van der Waals surface area contributed by atoms with E-state index in [9.17, 15) is 9.90 Å². The van der Waals surface area contributed by atoms with Crippen molar-refractivity contribution in [1.29, 1.82) is 0 Å². The van der Waals surface area contributed by atoms with E-state index in [0.29, 0.717) is 23.5 Å². The van der Waals surface area contributed by atoms with Gasteiger partial charge < -0.3 is 20.5 Å². The number of amides is 1. The molecule has 2 rings (SSSR count). The van der Waals surface area contributed by atoms with Crippen LogP contribution < -0.4 is 10.5 Å². The van der Waals surface area contributed by atoms with Gasteiger partial charge in [0.1, 0.15) is 5.75 Å². The SMILES string of the molecule is COc1cccc(C(=O)N2CCCCCC2CO)c1N. The Balaban J connectivity index is 2.29. The molecule has 0 saturated carbocycles. The number of nitrogen functional groups attached to an aromatic ring is 1. The molecular formula is C15H22N2O3. The molecule has 1 amide bonds. The largest absolute Gasteiger partial charge is 0.495 e. The third-order valence-corrected chi connectivity index (χ3v) is 3.87. The van der Waals surface area contributed by atoms with Crippen molar-refractivity contribution >= 4 is 11.6 Å². The molecule has 110 valence electrons. The van der Waals surface area contributed by atoms with Crippen LogP contribution in [0.3, 0.4) is 0 Å². The van der Waals surface area contributed by atoms with Crippen LogP contribution in [0.4, 0.5) is 5.69 Å². The van der Waals surface area contributed by atoms with Crippen LogP contribution in [-0.4, -0.2) is 42.2 Å². The lowest BCUT2D eigenvalue weighted by Crippen LogP contribution is -2.42. The van der Waals surface area contributed by atoms with Gasteiger partial charge in [-0.2, -0.15) is 0 Å². The Morgan fingerprint density at radius 2 is 2.25 bits per heavy atom. The maximum absolute atomic E-state index is 12.7. The van der Waals surface area contributed by atoms with Crippen molar-refractivity contribution in [2.24, 2.45) is 0 Å². The number of methoxy groups -OCH3 is 1. The molecule has 1 aromatic rings. The highest BCUT2D eigenvalue weighted by atomic mass is 16.5. The van der Waals surface area contributed by atoms with Crippen LogP contribution in [0, 0.1) is 0 Å². The van der Waals surface area contributed by atoms with Gasteiger partial charge in [-0.05, 0) is 25.0 Å². The molecule has 0 bridgehead atoms. The van der Waals surface area contributed by atoms with Gasteiger partial charge >= 0.3 is 0 Å². The van der Waals surface area contributed by atoms with E-state index in [1.807, 2.05) is 0 Å². The molecule has 1 fully saturated rings. The second kappa shape index (κ2) is 6.61. The molecular weight excluding hydrogens is 256 g/mol. The lowest BCUT2D eigenvalue weighted by molar-refractivity contribution is 0.0600. The first-order valence-corrected chi connectivity index (χ1v) is 7.03. The smallest absolute Gasteiger partial charge is 0.256 e. The number of anilines is 1. The fourth-order valence-corrected chi connectivity index (χ4v) is 2.70. The molecule has 0 radical (unpaired) electrons. The van der Waals surface area contributed by atoms with Gasteiger partial charge in [0.15, 0.2) is 0 Å². The number of rotatable bonds is 3. The first kappa shape index (κ1) is 14.7. The van der Waals surface area contributed by atoms with Gasteiger partial charge in [-0.25, -0.2) is 0 Å². The molecule has 0 aromatic heterocycles. The van der Waals surface area contributed by atoms with E-state index in [2.05, 4.69) is 0 Å². The highest BCUT2D eigenvalue weighted by molar-refractivity contribution is 6.00. The van der Waals surface area contributed by atoms with E-state index in [4.69, 9.17) is 10.5 Å². The highest BCUT2D eigenvalue weighted by Gasteiger charge is 2.27. The van der Waals surface area contributed by atoms with Gasteiger partial charge in [0.05, 0.1) is 31.0 Å². The average molecular weight is 278 g/mol. The average Bonchev–Trinajstić information content (AvgIpc) is 2.72. The monoisotopic (exact) mass is 278 g/mol. The molecule has 1 atom stereocenters. The number of hydrogen-bond donors (Lipinski definition) is 2. The Hall–Kier alpha value is -1.75. The third-order valence-electron chi connectivity index (χ3n) is 3.87. The summed E-state index contributed by atoms with van der Waals surface area (Å²) in [6, 6.07) is 5.08. The van der Waals surface area contributed by atoms with E-state index >= 15 is 0 Å². The Labute approximate surface area is 119 Å².